The number of hydrogen-bond donors (Lipinski definition) is 0. The average molecular weight is 553 g/mol. The molecule has 7 rings (SSSR count). The number of benzene rings is 3. The summed E-state index contributed by atoms with van der Waals surface area (Å²) in [4.78, 5) is 35.2. The van der Waals surface area contributed by atoms with Crippen molar-refractivity contribution in [2.45, 2.75) is 33.1 Å². The Bertz CT molecular complexity index is 1830. The third kappa shape index (κ3) is 3.99. The van der Waals surface area contributed by atoms with Crippen molar-refractivity contribution < 1.29 is 9.59 Å². The Kier molecular flexibility index (Phi) is 5.70. The van der Waals surface area contributed by atoms with Crippen LogP contribution in [0.1, 0.15) is 61.7 Å². The summed E-state index contributed by atoms with van der Waals surface area (Å²) in [6.07, 6.45) is 3.74. The molecule has 0 aliphatic heterocycles. The van der Waals surface area contributed by atoms with Gasteiger partial charge in [0.15, 0.2) is 11.6 Å². The largest absolute Gasteiger partial charge is 0.295 e. The molecular formula is C36H28N2O2S. The minimum Gasteiger partial charge on any atom is -0.295 e. The van der Waals surface area contributed by atoms with E-state index in [1.165, 1.54) is 22.3 Å². The van der Waals surface area contributed by atoms with Gasteiger partial charge in [-0.15, -0.1) is 11.3 Å². The molecule has 0 atom stereocenters. The highest BCUT2D eigenvalue weighted by molar-refractivity contribution is 7.16. The van der Waals surface area contributed by atoms with E-state index in [4.69, 9.17) is 4.98 Å². The molecule has 0 N–H and O–H groups in total. The van der Waals surface area contributed by atoms with Crippen molar-refractivity contribution in [3.63, 3.8) is 0 Å². The van der Waals surface area contributed by atoms with Crippen molar-refractivity contribution in [1.82, 2.24) is 4.98 Å². The van der Waals surface area contributed by atoms with Gasteiger partial charge in [-0.1, -0.05) is 73.5 Å². The molecule has 0 unspecified atom stereocenters. The SMILES string of the molecule is Cc1ccc(N(c2ccc(C)cc2)c2cc3c(cn2)-c2sc(C=C4C(=O)c5ccccc5C4=O)cc2C3(C)C)cc1. The third-order valence-corrected chi connectivity index (χ3v) is 9.35. The summed E-state index contributed by atoms with van der Waals surface area (Å²) in [6.45, 7) is 8.65. The molecule has 3 aromatic carbocycles. The van der Waals surface area contributed by atoms with Crippen molar-refractivity contribution in [3.8, 4) is 10.4 Å². The van der Waals surface area contributed by atoms with Crippen molar-refractivity contribution in [1.29, 1.82) is 0 Å². The number of fused-ring (bicyclic) bond motifs is 4. The monoisotopic (exact) mass is 552 g/mol. The number of thiophene rings is 1. The van der Waals surface area contributed by atoms with E-state index < -0.39 is 0 Å². The van der Waals surface area contributed by atoms with E-state index in [-0.39, 0.29) is 22.6 Å². The Labute approximate surface area is 243 Å². The van der Waals surface area contributed by atoms with Crippen molar-refractivity contribution in [2.75, 3.05) is 4.90 Å². The van der Waals surface area contributed by atoms with Crippen LogP contribution in [-0.4, -0.2) is 16.6 Å². The summed E-state index contributed by atoms with van der Waals surface area (Å²) in [6, 6.07) is 28.4. The van der Waals surface area contributed by atoms with E-state index in [2.05, 4.69) is 93.3 Å². The van der Waals surface area contributed by atoms with E-state index in [1.807, 2.05) is 6.20 Å². The summed E-state index contributed by atoms with van der Waals surface area (Å²) < 4.78 is 0. The molecule has 5 heteroatoms. The normalized spacial score (nSPS) is 14.6. The van der Waals surface area contributed by atoms with Gasteiger partial charge in [0.1, 0.15) is 5.82 Å². The number of hydrogen-bond acceptors (Lipinski definition) is 5. The smallest absolute Gasteiger partial charge is 0.197 e. The molecule has 0 saturated carbocycles. The fraction of sp³-hybridized carbons (Fsp3) is 0.139. The average Bonchev–Trinajstić information content (AvgIpc) is 3.57. The Morgan fingerprint density at radius 1 is 0.732 bits per heavy atom. The lowest BCUT2D eigenvalue weighted by Crippen LogP contribution is -2.17. The summed E-state index contributed by atoms with van der Waals surface area (Å²) in [5.41, 5.74) is 8.98. The van der Waals surface area contributed by atoms with E-state index >= 15 is 0 Å². The lowest BCUT2D eigenvalue weighted by atomic mass is 9.83. The van der Waals surface area contributed by atoms with Gasteiger partial charge in [0, 0.05) is 49.4 Å². The minimum atomic E-state index is -0.269. The Balaban J connectivity index is 1.30. The standard InChI is InChI=1S/C36H28N2O2S/c1-21-9-13-23(14-10-21)38(24-15-11-22(2)12-16-24)32-19-30-29(20-37-32)35-31(36(30,3)4)18-25(41-35)17-28-33(39)26-7-5-6-8-27(26)34(28)40/h5-20H,1-4H3. The van der Waals surface area contributed by atoms with Crippen molar-refractivity contribution >= 4 is 46.2 Å². The number of ketones is 2. The van der Waals surface area contributed by atoms with Gasteiger partial charge >= 0.3 is 0 Å². The second-order valence-corrected chi connectivity index (χ2v) is 12.5. The van der Waals surface area contributed by atoms with Crippen LogP contribution < -0.4 is 4.90 Å². The quantitative estimate of drug-likeness (QED) is 0.165. The van der Waals surface area contributed by atoms with E-state index in [0.29, 0.717) is 11.1 Å². The van der Waals surface area contributed by atoms with Gasteiger partial charge < -0.3 is 0 Å². The lowest BCUT2D eigenvalue weighted by molar-refractivity contribution is 0.0990. The van der Waals surface area contributed by atoms with Gasteiger partial charge in [-0.25, -0.2) is 4.98 Å². The molecule has 0 amide bonds. The molecule has 0 spiro atoms. The molecule has 5 aromatic rings. The van der Waals surface area contributed by atoms with Gasteiger partial charge in [-0.2, -0.15) is 0 Å². The minimum absolute atomic E-state index is 0.197. The maximum Gasteiger partial charge on any atom is 0.197 e. The maximum atomic E-state index is 13.0. The van der Waals surface area contributed by atoms with E-state index in [9.17, 15) is 9.59 Å². The number of aryl methyl sites for hydroxylation is 2. The number of anilines is 3. The zero-order valence-electron chi connectivity index (χ0n) is 23.4. The predicted molar refractivity (Wildman–Crippen MR) is 167 cm³/mol. The van der Waals surface area contributed by atoms with Gasteiger partial charge in [0.05, 0.1) is 5.57 Å². The third-order valence-electron chi connectivity index (χ3n) is 8.24. The van der Waals surface area contributed by atoms with Crippen LogP contribution in [0.4, 0.5) is 17.2 Å². The van der Waals surface area contributed by atoms with Crippen LogP contribution in [0.2, 0.25) is 0 Å². The Hall–Kier alpha value is -4.61. The first-order chi connectivity index (χ1) is 19.7. The predicted octanol–water partition coefficient (Wildman–Crippen LogP) is 9.00. The molecule has 0 fully saturated rings. The summed E-state index contributed by atoms with van der Waals surface area (Å²) in [5, 5.41) is 0. The molecule has 0 bridgehead atoms. The van der Waals surface area contributed by atoms with Crippen LogP contribution >= 0.6 is 11.3 Å². The van der Waals surface area contributed by atoms with Gasteiger partial charge in [0.2, 0.25) is 0 Å². The highest BCUT2D eigenvalue weighted by Crippen LogP contribution is 2.53. The highest BCUT2D eigenvalue weighted by atomic mass is 32.1. The fourth-order valence-corrected chi connectivity index (χ4v) is 7.19. The topological polar surface area (TPSA) is 50.3 Å². The van der Waals surface area contributed by atoms with Crippen LogP contribution in [0.15, 0.2) is 96.7 Å². The molecule has 2 aliphatic carbocycles. The maximum absolute atomic E-state index is 13.0. The number of rotatable bonds is 4. The zero-order chi connectivity index (χ0) is 28.5. The number of pyridine rings is 1. The fourth-order valence-electron chi connectivity index (χ4n) is 5.90. The number of carbonyl (C=O) groups excluding carboxylic acids is 2. The van der Waals surface area contributed by atoms with Crippen LogP contribution in [0.5, 0.6) is 0 Å². The molecule has 2 aromatic heterocycles. The second-order valence-electron chi connectivity index (χ2n) is 11.4. The highest BCUT2D eigenvalue weighted by Gasteiger charge is 2.39. The number of Topliss-reactive ketones (excluding diaryl/α,β-unsaturated/α-hetero) is 2. The summed E-state index contributed by atoms with van der Waals surface area (Å²) in [7, 11) is 0. The van der Waals surface area contributed by atoms with Crippen LogP contribution in [0, 0.1) is 13.8 Å². The number of carbonyl (C=O) groups is 2. The zero-order valence-corrected chi connectivity index (χ0v) is 24.2. The Morgan fingerprint density at radius 3 is 1.85 bits per heavy atom. The Morgan fingerprint density at radius 2 is 1.29 bits per heavy atom. The number of allylic oxidation sites excluding steroid dienone is 1. The molecular weight excluding hydrogens is 524 g/mol. The van der Waals surface area contributed by atoms with E-state index in [0.717, 1.165) is 32.5 Å². The van der Waals surface area contributed by atoms with Gasteiger partial charge in [0.25, 0.3) is 0 Å². The van der Waals surface area contributed by atoms with Gasteiger partial charge in [-0.3, -0.25) is 14.5 Å². The first-order valence-corrected chi connectivity index (χ1v) is 14.5. The van der Waals surface area contributed by atoms with Crippen molar-refractivity contribution in [2.24, 2.45) is 0 Å². The number of nitrogens with zero attached hydrogens (tertiary/aromatic N) is 2. The summed E-state index contributed by atoms with van der Waals surface area (Å²) in [5.74, 6) is 0.469. The lowest BCUT2D eigenvalue weighted by Gasteiger charge is -2.27. The first-order valence-electron chi connectivity index (χ1n) is 13.7. The molecule has 0 saturated heterocycles. The molecule has 41 heavy (non-hydrogen) atoms. The molecule has 4 nitrogen and oxygen atoms in total. The number of aromatic nitrogens is 1. The molecule has 200 valence electrons. The molecule has 2 heterocycles. The van der Waals surface area contributed by atoms with Crippen LogP contribution in [0.25, 0.3) is 16.5 Å². The summed E-state index contributed by atoms with van der Waals surface area (Å²) >= 11 is 1.61. The van der Waals surface area contributed by atoms with Crippen LogP contribution in [0.3, 0.4) is 0 Å². The van der Waals surface area contributed by atoms with Crippen molar-refractivity contribution in [3.05, 3.63) is 135 Å². The van der Waals surface area contributed by atoms with Gasteiger partial charge in [-0.05, 0) is 67.4 Å². The molecule has 0 radical (unpaired) electrons. The van der Waals surface area contributed by atoms with E-state index in [1.54, 1.807) is 41.7 Å². The second kappa shape index (κ2) is 9.22. The first kappa shape index (κ1) is 25.4. The van der Waals surface area contributed by atoms with Crippen LogP contribution in [-0.2, 0) is 5.41 Å². The molecule has 2 aliphatic rings.